The second kappa shape index (κ2) is 5.48. The average Bonchev–Trinajstić information content (AvgIpc) is 2.76. The minimum Gasteiger partial charge on any atom is -0.481 e. The fourth-order valence-corrected chi connectivity index (χ4v) is 4.69. The van der Waals surface area contributed by atoms with Crippen LogP contribution in [0, 0.1) is 11.7 Å². The highest BCUT2D eigenvalue weighted by molar-refractivity contribution is 7.89. The zero-order valence-electron chi connectivity index (χ0n) is 10.0. The molecule has 1 aromatic carbocycles. The summed E-state index contributed by atoms with van der Waals surface area (Å²) in [4.78, 5) is 10.5. The maximum absolute atomic E-state index is 13.1. The van der Waals surface area contributed by atoms with Gasteiger partial charge in [-0.1, -0.05) is 23.2 Å². The summed E-state index contributed by atoms with van der Waals surface area (Å²) in [7, 11) is -4.04. The number of sulfonamides is 1. The van der Waals surface area contributed by atoms with E-state index in [1.54, 1.807) is 0 Å². The summed E-state index contributed by atoms with van der Waals surface area (Å²) in [6.45, 7) is -0.0922. The fourth-order valence-electron chi connectivity index (χ4n) is 2.05. The Bertz CT molecular complexity index is 641. The SMILES string of the molecule is O=C(O)C1CCN(S(=O)(=O)c2c(Cl)cc(F)cc2Cl)C1. The average molecular weight is 342 g/mol. The van der Waals surface area contributed by atoms with Gasteiger partial charge in [0.1, 0.15) is 10.7 Å². The van der Waals surface area contributed by atoms with Crippen molar-refractivity contribution >= 4 is 39.2 Å². The number of carboxylic acids is 1. The molecule has 0 radical (unpaired) electrons. The predicted octanol–water partition coefficient (Wildman–Crippen LogP) is 2.23. The molecule has 1 aliphatic heterocycles. The van der Waals surface area contributed by atoms with Crippen LogP contribution in [0.3, 0.4) is 0 Å². The van der Waals surface area contributed by atoms with Gasteiger partial charge >= 0.3 is 5.97 Å². The second-order valence-electron chi connectivity index (χ2n) is 4.39. The Morgan fingerprint density at radius 1 is 1.35 bits per heavy atom. The van der Waals surface area contributed by atoms with E-state index < -0.39 is 32.6 Å². The molecule has 1 atom stereocenters. The molecule has 9 heteroatoms. The molecule has 1 aliphatic rings. The molecule has 0 bridgehead atoms. The van der Waals surface area contributed by atoms with Crippen LogP contribution in [0.4, 0.5) is 4.39 Å². The first kappa shape index (κ1) is 15.5. The van der Waals surface area contributed by atoms with Crippen molar-refractivity contribution in [2.45, 2.75) is 11.3 Å². The van der Waals surface area contributed by atoms with E-state index in [4.69, 9.17) is 28.3 Å². The van der Waals surface area contributed by atoms with E-state index in [-0.39, 0.29) is 29.6 Å². The number of hydrogen-bond acceptors (Lipinski definition) is 3. The van der Waals surface area contributed by atoms with E-state index in [0.29, 0.717) is 0 Å². The van der Waals surface area contributed by atoms with Gasteiger partial charge in [-0.15, -0.1) is 0 Å². The number of carboxylic acid groups (broad SMARTS) is 1. The molecular formula is C11H10Cl2FNO4S. The topological polar surface area (TPSA) is 74.7 Å². The lowest BCUT2D eigenvalue weighted by molar-refractivity contribution is -0.141. The zero-order chi connectivity index (χ0) is 15.1. The van der Waals surface area contributed by atoms with Crippen LogP contribution < -0.4 is 0 Å². The lowest BCUT2D eigenvalue weighted by Crippen LogP contribution is -2.30. The molecule has 1 heterocycles. The minimum atomic E-state index is -4.04. The van der Waals surface area contributed by atoms with E-state index in [1.165, 1.54) is 0 Å². The number of nitrogens with zero attached hydrogens (tertiary/aromatic N) is 1. The summed E-state index contributed by atoms with van der Waals surface area (Å²) < 4.78 is 38.9. The highest BCUT2D eigenvalue weighted by Crippen LogP contribution is 2.34. The first-order valence-corrected chi connectivity index (χ1v) is 7.80. The molecule has 2 rings (SSSR count). The van der Waals surface area contributed by atoms with Crippen molar-refractivity contribution in [3.8, 4) is 0 Å². The van der Waals surface area contributed by atoms with Gasteiger partial charge in [-0.3, -0.25) is 4.79 Å². The number of hydrogen-bond donors (Lipinski definition) is 1. The lowest BCUT2D eigenvalue weighted by atomic mass is 10.1. The Labute approximate surface area is 124 Å². The minimum absolute atomic E-state index is 0.0589. The molecule has 1 aromatic rings. The van der Waals surface area contributed by atoms with E-state index in [9.17, 15) is 17.6 Å². The van der Waals surface area contributed by atoms with E-state index in [2.05, 4.69) is 0 Å². The fraction of sp³-hybridized carbons (Fsp3) is 0.364. The monoisotopic (exact) mass is 341 g/mol. The molecule has 1 fully saturated rings. The number of carbonyl (C=O) groups is 1. The van der Waals surface area contributed by atoms with Crippen molar-refractivity contribution in [2.24, 2.45) is 5.92 Å². The largest absolute Gasteiger partial charge is 0.481 e. The standard InChI is InChI=1S/C11H10Cl2FNO4S/c12-8-3-7(14)4-9(13)10(8)20(18,19)15-2-1-6(5-15)11(16)17/h3-4,6H,1-2,5H2,(H,16,17). The van der Waals surface area contributed by atoms with Gasteiger partial charge in [-0.25, -0.2) is 12.8 Å². The van der Waals surface area contributed by atoms with Gasteiger partial charge in [0.25, 0.3) is 0 Å². The normalized spacial score (nSPS) is 20.2. The maximum Gasteiger partial charge on any atom is 0.307 e. The third-order valence-electron chi connectivity index (χ3n) is 3.06. The van der Waals surface area contributed by atoms with Gasteiger partial charge < -0.3 is 5.11 Å². The number of benzene rings is 1. The van der Waals surface area contributed by atoms with Crippen LogP contribution in [0.1, 0.15) is 6.42 Å². The summed E-state index contributed by atoms with van der Waals surface area (Å²) in [5.74, 6) is -2.56. The van der Waals surface area contributed by atoms with Crippen molar-refractivity contribution in [3.63, 3.8) is 0 Å². The third-order valence-corrected chi connectivity index (χ3v) is 5.85. The predicted molar refractivity (Wildman–Crippen MR) is 70.9 cm³/mol. The Balaban J connectivity index is 2.40. The Hall–Kier alpha value is -0.890. The highest BCUT2D eigenvalue weighted by Gasteiger charge is 2.37. The van der Waals surface area contributed by atoms with Crippen molar-refractivity contribution in [1.29, 1.82) is 0 Å². The lowest BCUT2D eigenvalue weighted by Gasteiger charge is -2.17. The second-order valence-corrected chi connectivity index (χ2v) is 7.07. The first-order valence-electron chi connectivity index (χ1n) is 5.61. The van der Waals surface area contributed by atoms with Crippen LogP contribution in [0.2, 0.25) is 10.0 Å². The number of halogens is 3. The summed E-state index contributed by atoms with van der Waals surface area (Å²) in [6, 6.07) is 1.70. The summed E-state index contributed by atoms with van der Waals surface area (Å²) >= 11 is 11.5. The molecule has 0 saturated carbocycles. The van der Waals surface area contributed by atoms with Crippen LogP contribution in [-0.4, -0.2) is 36.9 Å². The molecule has 1 N–H and O–H groups in total. The Morgan fingerprint density at radius 2 is 1.90 bits per heavy atom. The smallest absolute Gasteiger partial charge is 0.307 e. The molecule has 0 spiro atoms. The zero-order valence-corrected chi connectivity index (χ0v) is 12.3. The molecule has 0 aliphatic carbocycles. The number of aliphatic carboxylic acids is 1. The molecule has 5 nitrogen and oxygen atoms in total. The van der Waals surface area contributed by atoms with Gasteiger partial charge in [0.05, 0.1) is 16.0 Å². The summed E-state index contributed by atoms with van der Waals surface area (Å²) in [5.41, 5.74) is 0. The van der Waals surface area contributed by atoms with Gasteiger partial charge in [0.2, 0.25) is 10.0 Å². The summed E-state index contributed by atoms with van der Waals surface area (Å²) in [6.07, 6.45) is 0.213. The molecule has 1 saturated heterocycles. The van der Waals surface area contributed by atoms with Crippen molar-refractivity contribution in [2.75, 3.05) is 13.1 Å². The van der Waals surface area contributed by atoms with Crippen molar-refractivity contribution in [1.82, 2.24) is 4.31 Å². The third kappa shape index (κ3) is 2.76. The molecule has 0 amide bonds. The molecule has 1 unspecified atom stereocenters. The van der Waals surface area contributed by atoms with E-state index in [1.807, 2.05) is 0 Å². The van der Waals surface area contributed by atoms with Gasteiger partial charge in [0, 0.05) is 13.1 Å². The maximum atomic E-state index is 13.1. The molecule has 0 aromatic heterocycles. The van der Waals surface area contributed by atoms with Gasteiger partial charge in [0.15, 0.2) is 0 Å². The van der Waals surface area contributed by atoms with Crippen LogP contribution in [0.25, 0.3) is 0 Å². The van der Waals surface area contributed by atoms with E-state index in [0.717, 1.165) is 16.4 Å². The van der Waals surface area contributed by atoms with Gasteiger partial charge in [-0.05, 0) is 18.6 Å². The highest BCUT2D eigenvalue weighted by atomic mass is 35.5. The van der Waals surface area contributed by atoms with Crippen LogP contribution in [-0.2, 0) is 14.8 Å². The Morgan fingerprint density at radius 3 is 2.35 bits per heavy atom. The number of rotatable bonds is 3. The van der Waals surface area contributed by atoms with Crippen LogP contribution >= 0.6 is 23.2 Å². The quantitative estimate of drug-likeness (QED) is 0.914. The van der Waals surface area contributed by atoms with Gasteiger partial charge in [-0.2, -0.15) is 4.31 Å². The Kier molecular flexibility index (Phi) is 4.24. The van der Waals surface area contributed by atoms with Crippen LogP contribution in [0.5, 0.6) is 0 Å². The molecule has 110 valence electrons. The first-order chi connectivity index (χ1) is 9.23. The van der Waals surface area contributed by atoms with E-state index >= 15 is 0 Å². The van der Waals surface area contributed by atoms with Crippen molar-refractivity contribution in [3.05, 3.63) is 28.0 Å². The molecule has 20 heavy (non-hydrogen) atoms. The molecular weight excluding hydrogens is 332 g/mol. The van der Waals surface area contributed by atoms with Crippen LogP contribution in [0.15, 0.2) is 17.0 Å². The van der Waals surface area contributed by atoms with Crippen molar-refractivity contribution < 1.29 is 22.7 Å². The summed E-state index contributed by atoms with van der Waals surface area (Å²) in [5, 5.41) is 8.24.